The third kappa shape index (κ3) is 2.46. The van der Waals surface area contributed by atoms with Crippen LogP contribution in [0, 0.1) is 5.92 Å². The van der Waals surface area contributed by atoms with Gasteiger partial charge in [-0.3, -0.25) is 0 Å². The fraction of sp³-hybridized carbons (Fsp3) is 0.727. The second kappa shape index (κ2) is 5.27. The van der Waals surface area contributed by atoms with Crippen LogP contribution in [0.5, 0.6) is 0 Å². The molecule has 0 radical (unpaired) electrons. The van der Waals surface area contributed by atoms with Crippen LogP contribution in [0.3, 0.4) is 0 Å². The average Bonchev–Trinajstić information content (AvgIpc) is 2.66. The number of aromatic nitrogens is 3. The summed E-state index contributed by atoms with van der Waals surface area (Å²) in [6.07, 6.45) is 4.35. The fourth-order valence-electron chi connectivity index (χ4n) is 2.04. The topological polar surface area (TPSA) is 83.0 Å². The van der Waals surface area contributed by atoms with Crippen molar-refractivity contribution in [1.29, 1.82) is 0 Å². The summed E-state index contributed by atoms with van der Waals surface area (Å²) in [6.45, 7) is 1.31. The maximum atomic E-state index is 11.5. The predicted molar refractivity (Wildman–Crippen MR) is 61.5 cm³/mol. The summed E-state index contributed by atoms with van der Waals surface area (Å²) >= 11 is 0. The van der Waals surface area contributed by atoms with E-state index in [2.05, 4.69) is 15.0 Å². The zero-order valence-electron chi connectivity index (χ0n) is 10.1. The molecule has 1 heterocycles. The van der Waals surface area contributed by atoms with Gasteiger partial charge >= 0.3 is 5.97 Å². The summed E-state index contributed by atoms with van der Waals surface area (Å²) < 4.78 is 6.49. The van der Waals surface area contributed by atoms with Crippen LogP contribution in [0.15, 0.2) is 0 Å². The number of nitrogens with two attached hydrogens (primary N) is 1. The highest BCUT2D eigenvalue weighted by Crippen LogP contribution is 2.28. The van der Waals surface area contributed by atoms with Gasteiger partial charge in [-0.15, -0.1) is 5.10 Å². The van der Waals surface area contributed by atoms with Crippen LogP contribution in [0.4, 0.5) is 0 Å². The molecular formula is C11H18N4O2. The third-order valence-electron chi connectivity index (χ3n) is 3.25. The van der Waals surface area contributed by atoms with E-state index in [0.29, 0.717) is 24.6 Å². The Morgan fingerprint density at radius 3 is 2.88 bits per heavy atom. The van der Waals surface area contributed by atoms with Crippen molar-refractivity contribution in [2.24, 2.45) is 11.7 Å². The van der Waals surface area contributed by atoms with Crippen molar-refractivity contribution in [3.63, 3.8) is 0 Å². The quantitative estimate of drug-likeness (QED) is 0.749. The van der Waals surface area contributed by atoms with E-state index >= 15 is 0 Å². The van der Waals surface area contributed by atoms with Gasteiger partial charge in [0.2, 0.25) is 0 Å². The standard InChI is InChI=1S/C11H18N4O2/c1-17-11(16)10-9(5-6-12)15(14-13-10)7-8-3-2-4-8/h8H,2-7,12H2,1H3. The van der Waals surface area contributed by atoms with E-state index in [1.54, 1.807) is 0 Å². The highest BCUT2D eigenvalue weighted by molar-refractivity contribution is 5.88. The molecule has 6 heteroatoms. The molecule has 0 spiro atoms. The number of rotatable bonds is 5. The Labute approximate surface area is 100 Å². The van der Waals surface area contributed by atoms with Crippen molar-refractivity contribution < 1.29 is 9.53 Å². The highest BCUT2D eigenvalue weighted by Gasteiger charge is 2.24. The molecule has 2 rings (SSSR count). The lowest BCUT2D eigenvalue weighted by atomic mass is 9.85. The van der Waals surface area contributed by atoms with E-state index in [9.17, 15) is 4.79 Å². The second-order valence-electron chi connectivity index (χ2n) is 4.39. The maximum absolute atomic E-state index is 11.5. The Bertz CT molecular complexity index is 398. The molecule has 0 unspecified atom stereocenters. The minimum Gasteiger partial charge on any atom is -0.464 e. The molecule has 0 amide bonds. The van der Waals surface area contributed by atoms with Crippen LogP contribution in [-0.4, -0.2) is 34.6 Å². The SMILES string of the molecule is COC(=O)c1nnn(CC2CCC2)c1CCN. The summed E-state index contributed by atoms with van der Waals surface area (Å²) in [4.78, 5) is 11.5. The van der Waals surface area contributed by atoms with Gasteiger partial charge in [-0.25, -0.2) is 9.48 Å². The molecule has 0 saturated heterocycles. The van der Waals surface area contributed by atoms with Crippen LogP contribution >= 0.6 is 0 Å². The minimum absolute atomic E-state index is 0.303. The van der Waals surface area contributed by atoms with E-state index < -0.39 is 5.97 Å². The first-order chi connectivity index (χ1) is 8.26. The molecule has 1 aromatic rings. The van der Waals surface area contributed by atoms with E-state index in [-0.39, 0.29) is 0 Å². The number of hydrogen-bond donors (Lipinski definition) is 1. The van der Waals surface area contributed by atoms with Gasteiger partial charge in [-0.2, -0.15) is 0 Å². The molecule has 6 nitrogen and oxygen atoms in total. The number of ether oxygens (including phenoxy) is 1. The number of nitrogens with zero attached hydrogens (tertiary/aromatic N) is 3. The van der Waals surface area contributed by atoms with Crippen LogP contribution in [0.1, 0.15) is 35.4 Å². The minimum atomic E-state index is -0.437. The Morgan fingerprint density at radius 2 is 2.35 bits per heavy atom. The first-order valence-corrected chi connectivity index (χ1v) is 5.97. The Kier molecular flexibility index (Phi) is 3.73. The fourth-order valence-corrected chi connectivity index (χ4v) is 2.04. The number of methoxy groups -OCH3 is 1. The largest absolute Gasteiger partial charge is 0.464 e. The van der Waals surface area contributed by atoms with Crippen molar-refractivity contribution in [3.8, 4) is 0 Å². The van der Waals surface area contributed by atoms with E-state index in [1.165, 1.54) is 26.4 Å². The molecule has 17 heavy (non-hydrogen) atoms. The molecule has 1 saturated carbocycles. The van der Waals surface area contributed by atoms with Crippen LogP contribution in [-0.2, 0) is 17.7 Å². The van der Waals surface area contributed by atoms with Gasteiger partial charge in [-0.1, -0.05) is 11.6 Å². The van der Waals surface area contributed by atoms with Crippen molar-refractivity contribution in [3.05, 3.63) is 11.4 Å². The number of carbonyl (C=O) groups excluding carboxylic acids is 1. The molecule has 0 atom stereocenters. The summed E-state index contributed by atoms with van der Waals surface area (Å²) in [5, 5.41) is 7.94. The lowest BCUT2D eigenvalue weighted by Gasteiger charge is -2.25. The molecule has 1 aromatic heterocycles. The third-order valence-corrected chi connectivity index (χ3v) is 3.25. The number of hydrogen-bond acceptors (Lipinski definition) is 5. The molecule has 1 aliphatic rings. The molecule has 0 aromatic carbocycles. The summed E-state index contributed by atoms with van der Waals surface area (Å²) in [6, 6.07) is 0. The van der Waals surface area contributed by atoms with Crippen molar-refractivity contribution >= 4 is 5.97 Å². The van der Waals surface area contributed by atoms with Crippen molar-refractivity contribution in [1.82, 2.24) is 15.0 Å². The van der Waals surface area contributed by atoms with E-state index in [4.69, 9.17) is 5.73 Å². The molecule has 94 valence electrons. The molecule has 1 fully saturated rings. The van der Waals surface area contributed by atoms with Gasteiger partial charge in [0.1, 0.15) is 0 Å². The first-order valence-electron chi connectivity index (χ1n) is 5.97. The Hall–Kier alpha value is -1.43. The van der Waals surface area contributed by atoms with Crippen LogP contribution in [0.25, 0.3) is 0 Å². The van der Waals surface area contributed by atoms with E-state index in [1.807, 2.05) is 4.68 Å². The Balaban J connectivity index is 2.18. The van der Waals surface area contributed by atoms with Gasteiger partial charge < -0.3 is 10.5 Å². The number of carbonyl (C=O) groups is 1. The van der Waals surface area contributed by atoms with Gasteiger partial charge in [0.25, 0.3) is 0 Å². The summed E-state index contributed by atoms with van der Waals surface area (Å²) in [7, 11) is 1.35. The monoisotopic (exact) mass is 238 g/mol. The van der Waals surface area contributed by atoms with Crippen LogP contribution in [0.2, 0.25) is 0 Å². The predicted octanol–water partition coefficient (Wildman–Crippen LogP) is 0.366. The first kappa shape index (κ1) is 12.0. The van der Waals surface area contributed by atoms with Gasteiger partial charge in [0.15, 0.2) is 5.69 Å². The molecule has 1 aliphatic carbocycles. The van der Waals surface area contributed by atoms with Gasteiger partial charge in [0, 0.05) is 13.0 Å². The summed E-state index contributed by atoms with van der Waals surface area (Å²) in [5.41, 5.74) is 6.66. The number of esters is 1. The zero-order valence-corrected chi connectivity index (χ0v) is 10.1. The molecule has 0 bridgehead atoms. The smallest absolute Gasteiger partial charge is 0.360 e. The lowest BCUT2D eigenvalue weighted by Crippen LogP contribution is -2.22. The average molecular weight is 238 g/mol. The molecule has 2 N–H and O–H groups in total. The maximum Gasteiger partial charge on any atom is 0.360 e. The molecular weight excluding hydrogens is 220 g/mol. The highest BCUT2D eigenvalue weighted by atomic mass is 16.5. The normalized spacial score (nSPS) is 15.6. The van der Waals surface area contributed by atoms with Crippen molar-refractivity contribution in [2.75, 3.05) is 13.7 Å². The summed E-state index contributed by atoms with van der Waals surface area (Å²) in [5.74, 6) is 0.229. The molecule has 0 aliphatic heterocycles. The zero-order chi connectivity index (χ0) is 12.3. The second-order valence-corrected chi connectivity index (χ2v) is 4.39. The lowest BCUT2D eigenvalue weighted by molar-refractivity contribution is 0.0592. The van der Waals surface area contributed by atoms with Crippen molar-refractivity contribution in [2.45, 2.75) is 32.2 Å². The Morgan fingerprint density at radius 1 is 1.59 bits per heavy atom. The van der Waals surface area contributed by atoms with Gasteiger partial charge in [-0.05, 0) is 25.3 Å². The van der Waals surface area contributed by atoms with Crippen LogP contribution < -0.4 is 5.73 Å². The van der Waals surface area contributed by atoms with Gasteiger partial charge in [0.05, 0.1) is 12.8 Å². The van der Waals surface area contributed by atoms with E-state index in [0.717, 1.165) is 12.2 Å².